The molecule has 1 atom stereocenters. The van der Waals surface area contributed by atoms with Crippen molar-refractivity contribution in [1.82, 2.24) is 4.72 Å². The highest BCUT2D eigenvalue weighted by Crippen LogP contribution is 2.34. The van der Waals surface area contributed by atoms with E-state index in [1.54, 1.807) is 12.1 Å². The van der Waals surface area contributed by atoms with Gasteiger partial charge in [-0.15, -0.1) is 0 Å². The van der Waals surface area contributed by atoms with Gasteiger partial charge in [0.05, 0.1) is 5.75 Å². The van der Waals surface area contributed by atoms with Crippen LogP contribution in [0.3, 0.4) is 0 Å². The molecule has 1 unspecified atom stereocenters. The molecule has 1 fully saturated rings. The molecule has 1 aromatic rings. The van der Waals surface area contributed by atoms with E-state index in [1.165, 1.54) is 0 Å². The Morgan fingerprint density at radius 3 is 2.50 bits per heavy atom. The number of aliphatic hydroxyl groups is 1. The monoisotopic (exact) mass is 269 g/mol. The summed E-state index contributed by atoms with van der Waals surface area (Å²) in [5.74, 6) is 0.408. The van der Waals surface area contributed by atoms with Gasteiger partial charge in [-0.05, 0) is 30.7 Å². The van der Waals surface area contributed by atoms with Crippen molar-refractivity contribution in [3.63, 3.8) is 0 Å². The number of aliphatic hydroxyl groups excluding tert-OH is 1. The zero-order valence-electron chi connectivity index (χ0n) is 10.2. The van der Waals surface area contributed by atoms with Gasteiger partial charge in [-0.2, -0.15) is 0 Å². The molecule has 5 heteroatoms. The molecule has 0 heterocycles. The van der Waals surface area contributed by atoms with E-state index in [9.17, 15) is 8.42 Å². The lowest BCUT2D eigenvalue weighted by Gasteiger charge is -2.17. The van der Waals surface area contributed by atoms with Gasteiger partial charge in [0.15, 0.2) is 0 Å². The fourth-order valence-electron chi connectivity index (χ4n) is 2.09. The Morgan fingerprint density at radius 1 is 1.28 bits per heavy atom. The topological polar surface area (TPSA) is 66.4 Å². The molecule has 0 radical (unpaired) electrons. The molecule has 1 aliphatic rings. The molecular formula is C13H19NO3S. The highest BCUT2D eigenvalue weighted by atomic mass is 32.2. The van der Waals surface area contributed by atoms with Crippen LogP contribution in [0.25, 0.3) is 0 Å². The predicted molar refractivity (Wildman–Crippen MR) is 70.4 cm³/mol. The molecule has 0 spiro atoms. The first-order chi connectivity index (χ1) is 8.61. The SMILES string of the molecule is O=S(=O)(Cc1ccccc1)NC(CCO)C1CC1. The molecule has 1 aliphatic carbocycles. The molecule has 0 aliphatic heterocycles. The summed E-state index contributed by atoms with van der Waals surface area (Å²) < 4.78 is 26.8. The quantitative estimate of drug-likeness (QED) is 0.783. The van der Waals surface area contributed by atoms with Gasteiger partial charge >= 0.3 is 0 Å². The molecule has 2 rings (SSSR count). The van der Waals surface area contributed by atoms with Gasteiger partial charge in [0.25, 0.3) is 0 Å². The highest BCUT2D eigenvalue weighted by Gasteiger charge is 2.33. The second kappa shape index (κ2) is 5.82. The molecule has 0 aromatic heterocycles. The number of rotatable bonds is 7. The number of nitrogens with one attached hydrogen (secondary N) is 1. The van der Waals surface area contributed by atoms with Gasteiger partial charge in [0, 0.05) is 12.6 Å². The summed E-state index contributed by atoms with van der Waals surface area (Å²) in [7, 11) is -3.32. The molecule has 0 saturated heterocycles. The third-order valence-electron chi connectivity index (χ3n) is 3.16. The van der Waals surface area contributed by atoms with Crippen molar-refractivity contribution < 1.29 is 13.5 Å². The van der Waals surface area contributed by atoms with Crippen molar-refractivity contribution in [3.8, 4) is 0 Å². The van der Waals surface area contributed by atoms with Crippen molar-refractivity contribution in [1.29, 1.82) is 0 Å². The first kappa shape index (κ1) is 13.5. The molecule has 1 saturated carbocycles. The molecule has 0 bridgehead atoms. The maximum atomic E-state index is 12.0. The summed E-state index contributed by atoms with van der Waals surface area (Å²) in [5.41, 5.74) is 0.781. The summed E-state index contributed by atoms with van der Waals surface area (Å²) in [6.07, 6.45) is 2.61. The van der Waals surface area contributed by atoms with Gasteiger partial charge < -0.3 is 5.11 Å². The fourth-order valence-corrected chi connectivity index (χ4v) is 3.58. The van der Waals surface area contributed by atoms with Gasteiger partial charge in [-0.1, -0.05) is 30.3 Å². The lowest BCUT2D eigenvalue weighted by molar-refractivity contribution is 0.265. The Morgan fingerprint density at radius 2 is 1.94 bits per heavy atom. The maximum Gasteiger partial charge on any atom is 0.216 e. The normalized spacial score (nSPS) is 17.6. The van der Waals surface area contributed by atoms with E-state index in [0.29, 0.717) is 12.3 Å². The molecule has 18 heavy (non-hydrogen) atoms. The van der Waals surface area contributed by atoms with Crippen LogP contribution in [0.2, 0.25) is 0 Å². The Hall–Kier alpha value is -0.910. The number of hydrogen-bond acceptors (Lipinski definition) is 3. The molecule has 4 nitrogen and oxygen atoms in total. The van der Waals surface area contributed by atoms with Crippen LogP contribution >= 0.6 is 0 Å². The summed E-state index contributed by atoms with van der Waals surface area (Å²) in [4.78, 5) is 0. The molecule has 100 valence electrons. The van der Waals surface area contributed by atoms with Gasteiger partial charge in [0.1, 0.15) is 0 Å². The lowest BCUT2D eigenvalue weighted by Crippen LogP contribution is -2.37. The van der Waals surface area contributed by atoms with Crippen LogP contribution in [0.5, 0.6) is 0 Å². The van der Waals surface area contributed by atoms with E-state index in [1.807, 2.05) is 18.2 Å². The van der Waals surface area contributed by atoms with Crippen molar-refractivity contribution >= 4 is 10.0 Å². The molecule has 0 amide bonds. The summed E-state index contributed by atoms with van der Waals surface area (Å²) >= 11 is 0. The van der Waals surface area contributed by atoms with Crippen LogP contribution < -0.4 is 4.72 Å². The minimum Gasteiger partial charge on any atom is -0.396 e. The highest BCUT2D eigenvalue weighted by molar-refractivity contribution is 7.88. The second-order valence-electron chi connectivity index (χ2n) is 4.82. The first-order valence-corrected chi connectivity index (χ1v) is 7.91. The number of benzene rings is 1. The first-order valence-electron chi connectivity index (χ1n) is 6.25. The van der Waals surface area contributed by atoms with Crippen LogP contribution in [-0.4, -0.2) is 26.2 Å². The predicted octanol–water partition coefficient (Wildman–Crippen LogP) is 1.27. The van der Waals surface area contributed by atoms with Crippen molar-refractivity contribution in [2.45, 2.75) is 31.1 Å². The third-order valence-corrected chi connectivity index (χ3v) is 4.54. The van der Waals surface area contributed by atoms with Gasteiger partial charge in [-0.25, -0.2) is 13.1 Å². The minimum atomic E-state index is -3.32. The maximum absolute atomic E-state index is 12.0. The Labute approximate surface area is 108 Å². The third kappa shape index (κ3) is 4.08. The average Bonchev–Trinajstić information content (AvgIpc) is 3.12. The van der Waals surface area contributed by atoms with E-state index in [2.05, 4.69) is 4.72 Å². The number of hydrogen-bond donors (Lipinski definition) is 2. The minimum absolute atomic E-state index is 0.00247. The van der Waals surface area contributed by atoms with Crippen LogP contribution in [-0.2, 0) is 15.8 Å². The van der Waals surface area contributed by atoms with Gasteiger partial charge in [0.2, 0.25) is 10.0 Å². The second-order valence-corrected chi connectivity index (χ2v) is 6.57. The molecular weight excluding hydrogens is 250 g/mol. The average molecular weight is 269 g/mol. The molecule has 2 N–H and O–H groups in total. The Bertz CT molecular complexity index is 468. The zero-order valence-corrected chi connectivity index (χ0v) is 11.1. The zero-order chi connectivity index (χ0) is 13.0. The number of sulfonamides is 1. The Kier molecular flexibility index (Phi) is 4.37. The fraction of sp³-hybridized carbons (Fsp3) is 0.538. The Balaban J connectivity index is 1.97. The summed E-state index contributed by atoms with van der Waals surface area (Å²) in [5, 5.41) is 8.97. The van der Waals surface area contributed by atoms with Crippen molar-refractivity contribution in [2.75, 3.05) is 6.61 Å². The van der Waals surface area contributed by atoms with Gasteiger partial charge in [-0.3, -0.25) is 0 Å². The van der Waals surface area contributed by atoms with E-state index >= 15 is 0 Å². The smallest absolute Gasteiger partial charge is 0.216 e. The van der Waals surface area contributed by atoms with Crippen LogP contribution in [0.1, 0.15) is 24.8 Å². The lowest BCUT2D eigenvalue weighted by atomic mass is 10.1. The largest absolute Gasteiger partial charge is 0.396 e. The van der Waals surface area contributed by atoms with E-state index < -0.39 is 10.0 Å². The molecule has 1 aromatic carbocycles. The standard InChI is InChI=1S/C13H19NO3S/c15-9-8-13(12-6-7-12)14-18(16,17)10-11-4-2-1-3-5-11/h1-5,12-15H,6-10H2. The van der Waals surface area contributed by atoms with Crippen LogP contribution in [0.4, 0.5) is 0 Å². The summed E-state index contributed by atoms with van der Waals surface area (Å²) in [6, 6.07) is 9.02. The van der Waals surface area contributed by atoms with E-state index in [-0.39, 0.29) is 18.4 Å². The van der Waals surface area contributed by atoms with Crippen molar-refractivity contribution in [3.05, 3.63) is 35.9 Å². The van der Waals surface area contributed by atoms with Crippen LogP contribution in [0.15, 0.2) is 30.3 Å². The van der Waals surface area contributed by atoms with Crippen molar-refractivity contribution in [2.24, 2.45) is 5.92 Å². The summed E-state index contributed by atoms with van der Waals surface area (Å²) in [6.45, 7) is 0.0228. The van der Waals surface area contributed by atoms with E-state index in [4.69, 9.17) is 5.11 Å². The van der Waals surface area contributed by atoms with Crippen LogP contribution in [0, 0.1) is 5.92 Å². The van der Waals surface area contributed by atoms with E-state index in [0.717, 1.165) is 18.4 Å².